The molecule has 1 amide bonds. The number of nitrogens with one attached hydrogen (secondary N) is 1. The van der Waals surface area contributed by atoms with Gasteiger partial charge in [0.1, 0.15) is 11.5 Å². The summed E-state index contributed by atoms with van der Waals surface area (Å²) >= 11 is 9.19. The van der Waals surface area contributed by atoms with E-state index in [-0.39, 0.29) is 13.4 Å². The Morgan fingerprint density at radius 1 is 1.09 bits per heavy atom. The van der Waals surface area contributed by atoms with Crippen molar-refractivity contribution in [3.05, 3.63) is 81.3 Å². The Balaban J connectivity index is 1.30. The van der Waals surface area contributed by atoms with Crippen LogP contribution in [0.25, 0.3) is 0 Å². The number of hydrogen-bond donors (Lipinski definition) is 1. The fourth-order valence-corrected chi connectivity index (χ4v) is 3.59. The predicted molar refractivity (Wildman–Crippen MR) is 124 cm³/mol. The summed E-state index contributed by atoms with van der Waals surface area (Å²) in [6.45, 7) is -0.110. The summed E-state index contributed by atoms with van der Waals surface area (Å²) in [5.74, 6) is 0.894. The lowest BCUT2D eigenvalue weighted by atomic mass is 10.2. The smallest absolute Gasteiger partial charge is 0.343 e. The molecule has 33 heavy (non-hydrogen) atoms. The molecule has 0 spiro atoms. The predicted octanol–water partition coefficient (Wildman–Crippen LogP) is 4.58. The van der Waals surface area contributed by atoms with E-state index in [0.717, 1.165) is 0 Å². The maximum Gasteiger partial charge on any atom is 0.343 e. The van der Waals surface area contributed by atoms with Crippen molar-refractivity contribution in [1.29, 1.82) is 0 Å². The third-order valence-corrected chi connectivity index (χ3v) is 5.19. The van der Waals surface area contributed by atoms with Crippen LogP contribution in [0.3, 0.4) is 0 Å². The van der Waals surface area contributed by atoms with Crippen molar-refractivity contribution in [1.82, 2.24) is 5.43 Å². The molecule has 1 aliphatic heterocycles. The number of nitrogens with zero attached hydrogens (tertiary/aromatic N) is 1. The van der Waals surface area contributed by atoms with Crippen LogP contribution < -0.4 is 24.4 Å². The minimum absolute atomic E-state index is 0.122. The van der Waals surface area contributed by atoms with Crippen LogP contribution in [-0.2, 0) is 4.79 Å². The van der Waals surface area contributed by atoms with Gasteiger partial charge in [0.05, 0.1) is 16.3 Å². The Hall–Kier alpha value is -3.56. The second kappa shape index (κ2) is 10.4. The van der Waals surface area contributed by atoms with E-state index in [0.29, 0.717) is 43.6 Å². The highest BCUT2D eigenvalue weighted by molar-refractivity contribution is 9.10. The largest absolute Gasteiger partial charge is 0.483 e. The van der Waals surface area contributed by atoms with E-state index in [2.05, 4.69) is 26.5 Å². The lowest BCUT2D eigenvalue weighted by molar-refractivity contribution is -0.123. The maximum atomic E-state index is 12.4. The van der Waals surface area contributed by atoms with Gasteiger partial charge in [-0.15, -0.1) is 0 Å². The number of carbonyl (C=O) groups is 2. The number of hydrogen-bond acceptors (Lipinski definition) is 7. The molecule has 0 aromatic heterocycles. The van der Waals surface area contributed by atoms with E-state index < -0.39 is 11.9 Å². The fourth-order valence-electron chi connectivity index (χ4n) is 2.79. The number of benzene rings is 3. The molecule has 8 nitrogen and oxygen atoms in total. The summed E-state index contributed by atoms with van der Waals surface area (Å²) in [6, 6.07) is 16.5. The standard InChI is InChI=1S/C23H16BrClN2O6/c24-18-10-16(25)5-7-19(18)30-12-22(28)27-26-11-14-2-1-3-17(8-14)33-23(29)15-4-6-20-21(9-15)32-13-31-20/h1-11H,12-13H2,(H,27,28)/b26-11-. The van der Waals surface area contributed by atoms with Gasteiger partial charge in [-0.25, -0.2) is 10.2 Å². The highest BCUT2D eigenvalue weighted by Crippen LogP contribution is 2.33. The van der Waals surface area contributed by atoms with Crippen molar-refractivity contribution < 1.29 is 28.5 Å². The van der Waals surface area contributed by atoms with Crippen molar-refractivity contribution in [2.45, 2.75) is 0 Å². The van der Waals surface area contributed by atoms with Crippen molar-refractivity contribution in [2.75, 3.05) is 13.4 Å². The van der Waals surface area contributed by atoms with Gasteiger partial charge in [-0.05, 0) is 70.0 Å². The molecule has 1 heterocycles. The number of ether oxygens (including phenoxy) is 4. The first-order valence-electron chi connectivity index (χ1n) is 9.59. The van der Waals surface area contributed by atoms with E-state index in [1.807, 2.05) is 0 Å². The number of esters is 1. The second-order valence-corrected chi connectivity index (χ2v) is 7.98. The molecule has 168 valence electrons. The minimum atomic E-state index is -0.541. The second-order valence-electron chi connectivity index (χ2n) is 6.69. The first-order chi connectivity index (χ1) is 16.0. The molecule has 0 fully saturated rings. The topological polar surface area (TPSA) is 95.5 Å². The summed E-state index contributed by atoms with van der Waals surface area (Å²) in [6.07, 6.45) is 1.42. The van der Waals surface area contributed by atoms with Gasteiger partial charge in [-0.1, -0.05) is 23.7 Å². The van der Waals surface area contributed by atoms with E-state index >= 15 is 0 Å². The molecule has 10 heteroatoms. The molecule has 0 bridgehead atoms. The van der Waals surface area contributed by atoms with Gasteiger partial charge < -0.3 is 18.9 Å². The van der Waals surface area contributed by atoms with Crippen molar-refractivity contribution in [3.8, 4) is 23.0 Å². The van der Waals surface area contributed by atoms with Gasteiger partial charge in [-0.2, -0.15) is 5.10 Å². The molecule has 1 N–H and O–H groups in total. The zero-order chi connectivity index (χ0) is 23.2. The fraction of sp³-hybridized carbons (Fsp3) is 0.0870. The van der Waals surface area contributed by atoms with Crippen LogP contribution in [0, 0.1) is 0 Å². The molecule has 0 saturated carbocycles. The number of rotatable bonds is 7. The Labute approximate surface area is 202 Å². The number of hydrazone groups is 1. The summed E-state index contributed by atoms with van der Waals surface area (Å²) in [4.78, 5) is 24.4. The minimum Gasteiger partial charge on any atom is -0.483 e. The Bertz CT molecular complexity index is 1230. The van der Waals surface area contributed by atoms with Gasteiger partial charge in [-0.3, -0.25) is 4.79 Å². The number of halogens is 2. The molecule has 0 radical (unpaired) electrons. The lowest BCUT2D eigenvalue weighted by Crippen LogP contribution is -2.24. The summed E-state index contributed by atoms with van der Waals surface area (Å²) < 4.78 is 22.0. The third-order valence-electron chi connectivity index (χ3n) is 4.33. The van der Waals surface area contributed by atoms with Gasteiger partial charge in [0, 0.05) is 5.02 Å². The Morgan fingerprint density at radius 2 is 1.94 bits per heavy atom. The van der Waals surface area contributed by atoms with Crippen LogP contribution in [0.4, 0.5) is 0 Å². The van der Waals surface area contributed by atoms with Crippen molar-refractivity contribution >= 4 is 45.6 Å². The molecule has 0 aliphatic carbocycles. The normalized spacial score (nSPS) is 11.9. The zero-order valence-electron chi connectivity index (χ0n) is 16.9. The van der Waals surface area contributed by atoms with E-state index in [1.165, 1.54) is 6.21 Å². The third kappa shape index (κ3) is 6.03. The molecule has 1 aliphatic rings. The summed E-state index contributed by atoms with van der Waals surface area (Å²) in [5, 5.41) is 4.45. The van der Waals surface area contributed by atoms with E-state index in [4.69, 9.17) is 30.5 Å². The monoisotopic (exact) mass is 530 g/mol. The number of carbonyl (C=O) groups excluding carboxylic acids is 2. The van der Waals surface area contributed by atoms with Crippen LogP contribution in [0.15, 0.2) is 70.2 Å². The van der Waals surface area contributed by atoms with Crippen molar-refractivity contribution in [3.63, 3.8) is 0 Å². The maximum absolute atomic E-state index is 12.4. The van der Waals surface area contributed by atoms with Crippen LogP contribution in [0.2, 0.25) is 5.02 Å². The molecular formula is C23H16BrClN2O6. The Kier molecular flexibility index (Phi) is 7.11. The average molecular weight is 532 g/mol. The number of amides is 1. The molecule has 0 unspecified atom stereocenters. The molecule has 3 aromatic rings. The molecule has 3 aromatic carbocycles. The SMILES string of the molecule is O=C(COc1ccc(Cl)cc1Br)N/N=C\c1cccc(OC(=O)c2ccc3c(c2)OCO3)c1. The van der Waals surface area contributed by atoms with Gasteiger partial charge >= 0.3 is 5.97 Å². The zero-order valence-corrected chi connectivity index (χ0v) is 19.3. The van der Waals surface area contributed by atoms with Gasteiger partial charge in [0.2, 0.25) is 6.79 Å². The quantitative estimate of drug-likeness (QED) is 0.208. The molecular weight excluding hydrogens is 516 g/mol. The van der Waals surface area contributed by atoms with E-state index in [1.54, 1.807) is 60.7 Å². The number of fused-ring (bicyclic) bond motifs is 1. The van der Waals surface area contributed by atoms with Gasteiger partial charge in [0.25, 0.3) is 5.91 Å². The molecule has 0 atom stereocenters. The Morgan fingerprint density at radius 3 is 2.79 bits per heavy atom. The highest BCUT2D eigenvalue weighted by Gasteiger charge is 2.17. The lowest BCUT2D eigenvalue weighted by Gasteiger charge is -2.07. The molecule has 0 saturated heterocycles. The van der Waals surface area contributed by atoms with Crippen LogP contribution in [0.5, 0.6) is 23.0 Å². The summed E-state index contributed by atoms with van der Waals surface area (Å²) in [7, 11) is 0. The van der Waals surface area contributed by atoms with Crippen LogP contribution in [-0.4, -0.2) is 31.5 Å². The first kappa shape index (κ1) is 22.6. The van der Waals surface area contributed by atoms with Crippen LogP contribution >= 0.6 is 27.5 Å². The first-order valence-corrected chi connectivity index (χ1v) is 10.8. The molecule has 4 rings (SSSR count). The van der Waals surface area contributed by atoms with E-state index in [9.17, 15) is 9.59 Å². The average Bonchev–Trinajstić information content (AvgIpc) is 3.27. The summed E-state index contributed by atoms with van der Waals surface area (Å²) in [5.41, 5.74) is 3.32. The van der Waals surface area contributed by atoms with Gasteiger partial charge in [0.15, 0.2) is 18.1 Å². The van der Waals surface area contributed by atoms with Crippen LogP contribution in [0.1, 0.15) is 15.9 Å². The van der Waals surface area contributed by atoms with Crippen molar-refractivity contribution in [2.24, 2.45) is 5.10 Å². The highest BCUT2D eigenvalue weighted by atomic mass is 79.9.